The number of pyridine rings is 1. The number of aromatic nitrogens is 4. The van der Waals surface area contributed by atoms with Crippen LogP contribution >= 0.6 is 11.6 Å². The molecule has 0 aliphatic carbocycles. The molecule has 2 N–H and O–H groups in total. The highest BCUT2D eigenvalue weighted by Gasteiger charge is 2.08. The molecule has 6 nitrogen and oxygen atoms in total. The second-order valence-electron chi connectivity index (χ2n) is 6.83. The van der Waals surface area contributed by atoms with Gasteiger partial charge in [-0.15, -0.1) is 0 Å². The zero-order valence-corrected chi connectivity index (χ0v) is 16.5. The van der Waals surface area contributed by atoms with Gasteiger partial charge in [-0.1, -0.05) is 29.8 Å². The van der Waals surface area contributed by atoms with E-state index in [9.17, 15) is 0 Å². The van der Waals surface area contributed by atoms with Crippen LogP contribution in [0.1, 0.15) is 16.7 Å². The number of hydrogen-bond donors (Lipinski definition) is 2. The van der Waals surface area contributed by atoms with Gasteiger partial charge in [0, 0.05) is 62.9 Å². The molecule has 7 heteroatoms. The molecule has 0 radical (unpaired) electrons. The predicted molar refractivity (Wildman–Crippen MR) is 114 cm³/mol. The molecule has 0 aliphatic rings. The molecule has 0 bridgehead atoms. The zero-order valence-electron chi connectivity index (χ0n) is 15.8. The highest BCUT2D eigenvalue weighted by atomic mass is 35.5. The van der Waals surface area contributed by atoms with E-state index in [1.54, 1.807) is 6.20 Å². The van der Waals surface area contributed by atoms with Crippen LogP contribution in [-0.2, 0) is 13.0 Å². The van der Waals surface area contributed by atoms with Crippen molar-refractivity contribution in [2.24, 2.45) is 0 Å². The Kier molecular flexibility index (Phi) is 5.12. The summed E-state index contributed by atoms with van der Waals surface area (Å²) < 4.78 is 0. The minimum absolute atomic E-state index is 0.612. The van der Waals surface area contributed by atoms with E-state index in [4.69, 9.17) is 11.6 Å². The van der Waals surface area contributed by atoms with Crippen LogP contribution in [0.2, 0.25) is 5.02 Å². The van der Waals surface area contributed by atoms with Gasteiger partial charge in [0.05, 0.1) is 5.02 Å². The lowest BCUT2D eigenvalue weighted by atomic mass is 10.1. The fourth-order valence-electron chi connectivity index (χ4n) is 3.21. The van der Waals surface area contributed by atoms with Crippen molar-refractivity contribution in [1.29, 1.82) is 0 Å². The van der Waals surface area contributed by atoms with Gasteiger partial charge in [0.25, 0.3) is 0 Å². The van der Waals surface area contributed by atoms with Gasteiger partial charge in [-0.25, -0.2) is 15.0 Å². The number of halogens is 1. The van der Waals surface area contributed by atoms with Crippen LogP contribution in [0.15, 0.2) is 55.1 Å². The van der Waals surface area contributed by atoms with Crippen LogP contribution in [0, 0.1) is 0 Å². The Hall–Kier alpha value is -3.12. The number of fused-ring (bicyclic) bond motifs is 1. The van der Waals surface area contributed by atoms with Gasteiger partial charge in [0.15, 0.2) is 0 Å². The van der Waals surface area contributed by atoms with Crippen molar-refractivity contribution in [3.05, 3.63) is 76.8 Å². The summed E-state index contributed by atoms with van der Waals surface area (Å²) in [4.78, 5) is 18.5. The number of hydrogen-bond acceptors (Lipinski definition) is 5. The molecule has 0 atom stereocenters. The van der Waals surface area contributed by atoms with E-state index < -0.39 is 0 Å². The molecule has 142 valence electrons. The first kappa shape index (κ1) is 18.3. The summed E-state index contributed by atoms with van der Waals surface area (Å²) in [6.07, 6.45) is 8.01. The van der Waals surface area contributed by atoms with Crippen LogP contribution in [-0.4, -0.2) is 34.0 Å². The minimum atomic E-state index is 0.612. The number of benzene rings is 1. The molecule has 4 aromatic rings. The van der Waals surface area contributed by atoms with Crippen molar-refractivity contribution in [3.63, 3.8) is 0 Å². The lowest BCUT2D eigenvalue weighted by molar-refractivity contribution is 1.01. The summed E-state index contributed by atoms with van der Waals surface area (Å²) in [5.74, 6) is 0.612. The molecule has 0 amide bonds. The van der Waals surface area contributed by atoms with Crippen LogP contribution < -0.4 is 10.2 Å². The van der Waals surface area contributed by atoms with Crippen molar-refractivity contribution in [3.8, 4) is 0 Å². The summed E-state index contributed by atoms with van der Waals surface area (Å²) in [6.45, 7) is 0.667. The Bertz CT molecular complexity index is 1090. The first-order valence-corrected chi connectivity index (χ1v) is 9.39. The second kappa shape index (κ2) is 7.86. The highest BCUT2D eigenvalue weighted by molar-refractivity contribution is 6.31. The normalized spacial score (nSPS) is 11.0. The lowest BCUT2D eigenvalue weighted by Crippen LogP contribution is -2.13. The molecule has 1 aromatic carbocycles. The van der Waals surface area contributed by atoms with E-state index in [1.165, 1.54) is 11.3 Å². The molecule has 0 fully saturated rings. The lowest BCUT2D eigenvalue weighted by Gasteiger charge is -2.17. The number of rotatable bonds is 6. The maximum absolute atomic E-state index is 6.07. The molecule has 3 heterocycles. The third kappa shape index (κ3) is 3.92. The number of anilines is 2. The standard InChI is InChI=1S/C21H21ClN6/c1-28(2)19-6-4-3-5-15(19)11-27-21-25-9-14(10-26-21)7-16-12-23-20-18(16)8-17(22)13-24-20/h3-6,8-10,12-13H,7,11H2,1-2H3,(H,23,24)(H,25,26,27). The van der Waals surface area contributed by atoms with Gasteiger partial charge < -0.3 is 15.2 Å². The quantitative estimate of drug-likeness (QED) is 0.512. The highest BCUT2D eigenvalue weighted by Crippen LogP contribution is 2.23. The Balaban J connectivity index is 1.45. The third-order valence-electron chi connectivity index (χ3n) is 4.59. The molecule has 0 spiro atoms. The molecular formula is C21H21ClN6. The summed E-state index contributed by atoms with van der Waals surface area (Å²) >= 11 is 6.07. The summed E-state index contributed by atoms with van der Waals surface area (Å²) in [6, 6.07) is 10.2. The largest absolute Gasteiger partial charge is 0.377 e. The first-order chi connectivity index (χ1) is 13.6. The second-order valence-corrected chi connectivity index (χ2v) is 7.27. The van der Waals surface area contributed by atoms with E-state index in [2.05, 4.69) is 42.3 Å². The number of nitrogens with zero attached hydrogens (tertiary/aromatic N) is 4. The first-order valence-electron chi connectivity index (χ1n) is 9.01. The smallest absolute Gasteiger partial charge is 0.222 e. The summed E-state index contributed by atoms with van der Waals surface area (Å²) in [5, 5.41) is 4.95. The van der Waals surface area contributed by atoms with Crippen LogP contribution in [0.4, 0.5) is 11.6 Å². The van der Waals surface area contributed by atoms with Crippen molar-refractivity contribution in [1.82, 2.24) is 19.9 Å². The number of H-pyrrole nitrogens is 1. The van der Waals surface area contributed by atoms with E-state index in [1.807, 2.05) is 50.9 Å². The molecule has 0 saturated carbocycles. The van der Waals surface area contributed by atoms with Crippen LogP contribution in [0.5, 0.6) is 0 Å². The molecule has 0 saturated heterocycles. The van der Waals surface area contributed by atoms with E-state index in [0.29, 0.717) is 23.9 Å². The molecule has 0 aliphatic heterocycles. The Morgan fingerprint density at radius 2 is 1.82 bits per heavy atom. The fourth-order valence-corrected chi connectivity index (χ4v) is 3.36. The topological polar surface area (TPSA) is 69.7 Å². The van der Waals surface area contributed by atoms with Crippen molar-refractivity contribution < 1.29 is 0 Å². The van der Waals surface area contributed by atoms with Gasteiger partial charge in [-0.05, 0) is 28.8 Å². The van der Waals surface area contributed by atoms with Gasteiger partial charge in [0.1, 0.15) is 5.65 Å². The SMILES string of the molecule is CN(C)c1ccccc1CNc1ncc(Cc2c[nH]c3ncc(Cl)cc23)cn1. The van der Waals surface area contributed by atoms with Gasteiger partial charge in [-0.2, -0.15) is 0 Å². The predicted octanol–water partition coefficient (Wildman–Crippen LogP) is 4.28. The Morgan fingerprint density at radius 1 is 1.04 bits per heavy atom. The fraction of sp³-hybridized carbons (Fsp3) is 0.190. The maximum Gasteiger partial charge on any atom is 0.222 e. The number of aromatic amines is 1. The zero-order chi connectivity index (χ0) is 19.5. The van der Waals surface area contributed by atoms with Gasteiger partial charge in [-0.3, -0.25) is 0 Å². The van der Waals surface area contributed by atoms with Crippen molar-refractivity contribution in [2.75, 3.05) is 24.3 Å². The monoisotopic (exact) mass is 392 g/mol. The maximum atomic E-state index is 6.07. The van der Waals surface area contributed by atoms with E-state index in [-0.39, 0.29) is 0 Å². The third-order valence-corrected chi connectivity index (χ3v) is 4.80. The summed E-state index contributed by atoms with van der Waals surface area (Å²) in [5.41, 5.74) is 5.36. The average molecular weight is 393 g/mol. The summed E-state index contributed by atoms with van der Waals surface area (Å²) in [7, 11) is 4.08. The number of nitrogens with one attached hydrogen (secondary N) is 2. The van der Waals surface area contributed by atoms with Crippen LogP contribution in [0.3, 0.4) is 0 Å². The van der Waals surface area contributed by atoms with Crippen LogP contribution in [0.25, 0.3) is 11.0 Å². The average Bonchev–Trinajstić information content (AvgIpc) is 3.09. The molecule has 28 heavy (non-hydrogen) atoms. The van der Waals surface area contributed by atoms with Gasteiger partial charge in [0.2, 0.25) is 5.95 Å². The van der Waals surface area contributed by atoms with E-state index in [0.717, 1.165) is 22.2 Å². The molecule has 4 rings (SSSR count). The Morgan fingerprint density at radius 3 is 2.61 bits per heavy atom. The van der Waals surface area contributed by atoms with Crippen molar-refractivity contribution >= 4 is 34.3 Å². The van der Waals surface area contributed by atoms with E-state index >= 15 is 0 Å². The minimum Gasteiger partial charge on any atom is -0.377 e. The Labute approximate surface area is 168 Å². The molecular weight excluding hydrogens is 372 g/mol. The number of para-hydroxylation sites is 1. The molecule has 0 unspecified atom stereocenters. The molecule has 3 aromatic heterocycles. The van der Waals surface area contributed by atoms with Gasteiger partial charge >= 0.3 is 0 Å². The van der Waals surface area contributed by atoms with Crippen molar-refractivity contribution in [2.45, 2.75) is 13.0 Å².